The largest absolute Gasteiger partial charge is 0.356 e. The molecule has 1 aliphatic rings. The first-order chi connectivity index (χ1) is 7.84. The van der Waals surface area contributed by atoms with Crippen LogP contribution in [0.25, 0.3) is 11.1 Å². The Bertz CT molecular complexity index is 489. The van der Waals surface area contributed by atoms with E-state index in [9.17, 15) is 0 Å². The molecule has 0 atom stereocenters. The van der Waals surface area contributed by atoms with Crippen LogP contribution in [0.4, 0.5) is 5.82 Å². The van der Waals surface area contributed by atoms with Crippen molar-refractivity contribution >= 4 is 16.9 Å². The molecule has 3 heterocycles. The number of piperidine rings is 1. The summed E-state index contributed by atoms with van der Waals surface area (Å²) in [6, 6.07) is 0.316. The first-order valence-electron chi connectivity index (χ1n) is 5.40. The highest BCUT2D eigenvalue weighted by molar-refractivity contribution is 5.84. The highest BCUT2D eigenvalue weighted by Gasteiger charge is 2.20. The average molecular weight is 219 g/mol. The van der Waals surface area contributed by atoms with Gasteiger partial charge < -0.3 is 15.2 Å². The van der Waals surface area contributed by atoms with Crippen molar-refractivity contribution in [3.63, 3.8) is 0 Å². The fourth-order valence-electron chi connectivity index (χ4n) is 2.05. The zero-order chi connectivity index (χ0) is 11.0. The fraction of sp³-hybridized carbons (Fsp3) is 0.500. The van der Waals surface area contributed by atoms with Gasteiger partial charge in [-0.3, -0.25) is 0 Å². The van der Waals surface area contributed by atoms with Crippen molar-refractivity contribution < 1.29 is 4.52 Å². The molecule has 2 aromatic heterocycles. The molecular weight excluding hydrogens is 206 g/mol. The molecule has 0 aromatic carbocycles. The second kappa shape index (κ2) is 3.71. The number of nitrogens with zero attached hydrogens (tertiary/aromatic N) is 4. The SMILES string of the molecule is NC1CCN(c2ncnc3oncc23)CC1. The van der Waals surface area contributed by atoms with Gasteiger partial charge in [-0.2, -0.15) is 4.98 Å². The smallest absolute Gasteiger partial charge is 0.262 e. The van der Waals surface area contributed by atoms with E-state index in [4.69, 9.17) is 10.3 Å². The zero-order valence-electron chi connectivity index (χ0n) is 8.83. The predicted molar refractivity (Wildman–Crippen MR) is 59.0 cm³/mol. The molecular formula is C10H13N5O. The predicted octanol–water partition coefficient (Wildman–Crippen LogP) is 0.545. The van der Waals surface area contributed by atoms with Gasteiger partial charge >= 0.3 is 0 Å². The molecule has 0 bridgehead atoms. The third-order valence-electron chi connectivity index (χ3n) is 2.99. The molecule has 0 spiro atoms. The third kappa shape index (κ3) is 1.51. The van der Waals surface area contributed by atoms with Crippen molar-refractivity contribution in [3.8, 4) is 0 Å². The van der Waals surface area contributed by atoms with E-state index >= 15 is 0 Å². The normalized spacial score (nSPS) is 18.2. The molecule has 6 heteroatoms. The Morgan fingerprint density at radius 2 is 2.12 bits per heavy atom. The van der Waals surface area contributed by atoms with Gasteiger partial charge in [0, 0.05) is 19.1 Å². The lowest BCUT2D eigenvalue weighted by atomic mass is 10.1. The summed E-state index contributed by atoms with van der Waals surface area (Å²) in [6.45, 7) is 1.86. The highest BCUT2D eigenvalue weighted by atomic mass is 16.5. The number of aromatic nitrogens is 3. The number of nitrogens with two attached hydrogens (primary N) is 1. The summed E-state index contributed by atoms with van der Waals surface area (Å²) in [5.74, 6) is 0.901. The van der Waals surface area contributed by atoms with Gasteiger partial charge in [0.15, 0.2) is 0 Å². The van der Waals surface area contributed by atoms with E-state index < -0.39 is 0 Å². The van der Waals surface area contributed by atoms with Crippen LogP contribution >= 0.6 is 0 Å². The molecule has 0 saturated carbocycles. The Balaban J connectivity index is 1.96. The minimum atomic E-state index is 0.316. The quantitative estimate of drug-likeness (QED) is 0.754. The minimum absolute atomic E-state index is 0.316. The molecule has 2 N–H and O–H groups in total. The van der Waals surface area contributed by atoms with E-state index in [0.717, 1.165) is 37.1 Å². The van der Waals surface area contributed by atoms with Crippen LogP contribution in [-0.2, 0) is 0 Å². The summed E-state index contributed by atoms with van der Waals surface area (Å²) >= 11 is 0. The van der Waals surface area contributed by atoms with Crippen LogP contribution in [0.1, 0.15) is 12.8 Å². The van der Waals surface area contributed by atoms with Gasteiger partial charge in [0.05, 0.1) is 6.20 Å². The summed E-state index contributed by atoms with van der Waals surface area (Å²) in [4.78, 5) is 10.5. The van der Waals surface area contributed by atoms with Crippen LogP contribution < -0.4 is 10.6 Å². The zero-order valence-corrected chi connectivity index (χ0v) is 8.83. The molecule has 0 aliphatic carbocycles. The summed E-state index contributed by atoms with van der Waals surface area (Å²) in [7, 11) is 0. The van der Waals surface area contributed by atoms with Gasteiger partial charge in [0.2, 0.25) is 0 Å². The minimum Gasteiger partial charge on any atom is -0.356 e. The van der Waals surface area contributed by atoms with Crippen molar-refractivity contribution in [2.24, 2.45) is 5.73 Å². The molecule has 84 valence electrons. The van der Waals surface area contributed by atoms with Crippen molar-refractivity contribution in [2.45, 2.75) is 18.9 Å². The Labute approximate surface area is 92.4 Å². The molecule has 1 aliphatic heterocycles. The Kier molecular flexibility index (Phi) is 2.21. The van der Waals surface area contributed by atoms with Gasteiger partial charge in [-0.1, -0.05) is 5.16 Å². The maximum atomic E-state index is 5.88. The Morgan fingerprint density at radius 3 is 2.94 bits per heavy atom. The summed E-state index contributed by atoms with van der Waals surface area (Å²) in [5, 5.41) is 4.62. The van der Waals surface area contributed by atoms with Crippen molar-refractivity contribution in [3.05, 3.63) is 12.5 Å². The molecule has 1 fully saturated rings. The van der Waals surface area contributed by atoms with E-state index in [1.807, 2.05) is 0 Å². The lowest BCUT2D eigenvalue weighted by Crippen LogP contribution is -2.40. The molecule has 2 aromatic rings. The highest BCUT2D eigenvalue weighted by Crippen LogP contribution is 2.24. The topological polar surface area (TPSA) is 81.1 Å². The van der Waals surface area contributed by atoms with Crippen LogP contribution in [0, 0.1) is 0 Å². The van der Waals surface area contributed by atoms with Gasteiger partial charge in [-0.05, 0) is 12.8 Å². The standard InChI is InChI=1S/C10H13N5O/c11-7-1-3-15(4-2-7)9-8-5-14-16-10(8)13-6-12-9/h5-7H,1-4,11H2. The van der Waals surface area contributed by atoms with Crippen LogP contribution in [0.15, 0.2) is 17.0 Å². The van der Waals surface area contributed by atoms with Crippen LogP contribution in [0.3, 0.4) is 0 Å². The summed E-state index contributed by atoms with van der Waals surface area (Å²) in [6.07, 6.45) is 5.17. The van der Waals surface area contributed by atoms with Crippen LogP contribution in [-0.4, -0.2) is 34.3 Å². The third-order valence-corrected chi connectivity index (χ3v) is 2.99. The number of anilines is 1. The lowest BCUT2D eigenvalue weighted by molar-refractivity contribution is 0.448. The Hall–Kier alpha value is -1.69. The molecule has 0 amide bonds. The average Bonchev–Trinajstić information content (AvgIpc) is 2.78. The summed E-state index contributed by atoms with van der Waals surface area (Å²) < 4.78 is 5.02. The molecule has 6 nitrogen and oxygen atoms in total. The molecule has 3 rings (SSSR count). The van der Waals surface area contributed by atoms with Crippen molar-refractivity contribution in [1.29, 1.82) is 0 Å². The van der Waals surface area contributed by atoms with Gasteiger partial charge in [0.1, 0.15) is 17.5 Å². The molecule has 0 radical (unpaired) electrons. The number of hydrogen-bond acceptors (Lipinski definition) is 6. The van der Waals surface area contributed by atoms with E-state index in [1.54, 1.807) is 6.20 Å². The van der Waals surface area contributed by atoms with E-state index in [1.165, 1.54) is 6.33 Å². The molecule has 16 heavy (non-hydrogen) atoms. The van der Waals surface area contributed by atoms with E-state index in [0.29, 0.717) is 11.8 Å². The first kappa shape index (κ1) is 9.53. The maximum Gasteiger partial charge on any atom is 0.262 e. The van der Waals surface area contributed by atoms with E-state index in [2.05, 4.69) is 20.0 Å². The van der Waals surface area contributed by atoms with Gasteiger partial charge in [0.25, 0.3) is 5.71 Å². The van der Waals surface area contributed by atoms with E-state index in [-0.39, 0.29) is 0 Å². The maximum absolute atomic E-state index is 5.88. The van der Waals surface area contributed by atoms with Crippen molar-refractivity contribution in [1.82, 2.24) is 15.1 Å². The number of fused-ring (bicyclic) bond motifs is 1. The molecule has 1 saturated heterocycles. The van der Waals surface area contributed by atoms with Crippen LogP contribution in [0.2, 0.25) is 0 Å². The Morgan fingerprint density at radius 1 is 1.31 bits per heavy atom. The number of hydrogen-bond donors (Lipinski definition) is 1. The monoisotopic (exact) mass is 219 g/mol. The lowest BCUT2D eigenvalue weighted by Gasteiger charge is -2.30. The second-order valence-corrected chi connectivity index (χ2v) is 4.07. The van der Waals surface area contributed by atoms with Crippen LogP contribution in [0.5, 0.6) is 0 Å². The summed E-state index contributed by atoms with van der Waals surface area (Å²) in [5.41, 5.74) is 6.42. The second-order valence-electron chi connectivity index (χ2n) is 4.07. The first-order valence-corrected chi connectivity index (χ1v) is 5.40. The molecule has 0 unspecified atom stereocenters. The van der Waals surface area contributed by atoms with Crippen molar-refractivity contribution in [2.75, 3.05) is 18.0 Å². The number of rotatable bonds is 1. The fourth-order valence-corrected chi connectivity index (χ4v) is 2.05. The van der Waals surface area contributed by atoms with Gasteiger partial charge in [-0.25, -0.2) is 4.98 Å². The van der Waals surface area contributed by atoms with Gasteiger partial charge in [-0.15, -0.1) is 0 Å².